The van der Waals surface area contributed by atoms with Gasteiger partial charge in [-0.2, -0.15) is 0 Å². The van der Waals surface area contributed by atoms with E-state index in [-0.39, 0.29) is 11.7 Å². The zero-order valence-electron chi connectivity index (χ0n) is 18.1. The molecule has 3 N–H and O–H groups in total. The molecule has 0 spiro atoms. The van der Waals surface area contributed by atoms with E-state index in [4.69, 9.17) is 5.84 Å². The molecule has 4 aromatic rings. The van der Waals surface area contributed by atoms with Gasteiger partial charge in [0.2, 0.25) is 11.1 Å². The van der Waals surface area contributed by atoms with Crippen LogP contribution in [0.5, 0.6) is 0 Å². The van der Waals surface area contributed by atoms with Gasteiger partial charge in [0.25, 0.3) is 0 Å². The Hall–Kier alpha value is -3.32. The summed E-state index contributed by atoms with van der Waals surface area (Å²) in [5, 5.41) is 14.2. The van der Waals surface area contributed by atoms with Crippen molar-refractivity contribution in [2.75, 3.05) is 16.9 Å². The molecule has 0 aliphatic rings. The first-order valence-corrected chi connectivity index (χ1v) is 11.8. The summed E-state index contributed by atoms with van der Waals surface area (Å²) in [5.41, 5.74) is 3.22. The maximum Gasteiger partial charge on any atom is 0.234 e. The van der Waals surface area contributed by atoms with Crippen molar-refractivity contribution in [2.24, 2.45) is 0 Å². The van der Waals surface area contributed by atoms with E-state index in [0.29, 0.717) is 17.4 Å². The molecule has 0 bridgehead atoms. The molecule has 1 amide bonds. The van der Waals surface area contributed by atoms with E-state index in [2.05, 4.69) is 58.8 Å². The van der Waals surface area contributed by atoms with Gasteiger partial charge in [-0.15, -0.1) is 10.2 Å². The van der Waals surface area contributed by atoms with Crippen LogP contribution in [-0.4, -0.2) is 26.5 Å². The minimum Gasteiger partial charge on any atom is -0.336 e. The van der Waals surface area contributed by atoms with E-state index in [1.54, 1.807) is 0 Å². The van der Waals surface area contributed by atoms with Crippen molar-refractivity contribution in [3.8, 4) is 0 Å². The number of nitrogens with zero attached hydrogens (tertiary/aromatic N) is 3. The normalized spacial score (nSPS) is 11.0. The van der Waals surface area contributed by atoms with Crippen LogP contribution in [-0.2, 0) is 17.6 Å². The lowest BCUT2D eigenvalue weighted by Gasteiger charge is -2.08. The lowest BCUT2D eigenvalue weighted by molar-refractivity contribution is -0.113. The van der Waals surface area contributed by atoms with Crippen molar-refractivity contribution in [1.29, 1.82) is 0 Å². The second kappa shape index (κ2) is 10.3. The van der Waals surface area contributed by atoms with E-state index in [0.717, 1.165) is 17.7 Å². The summed E-state index contributed by atoms with van der Waals surface area (Å²) in [4.78, 5) is 12.4. The summed E-state index contributed by atoms with van der Waals surface area (Å²) >= 11 is 1.28. The van der Waals surface area contributed by atoms with Crippen LogP contribution in [0.3, 0.4) is 0 Å². The number of carbonyl (C=O) groups excluding carboxylic acids is 1. The second-order valence-electron chi connectivity index (χ2n) is 7.72. The van der Waals surface area contributed by atoms with Gasteiger partial charge >= 0.3 is 0 Å². The van der Waals surface area contributed by atoms with E-state index in [1.165, 1.54) is 45.6 Å². The molecule has 1 heterocycles. The van der Waals surface area contributed by atoms with Gasteiger partial charge in [-0.3, -0.25) is 4.79 Å². The summed E-state index contributed by atoms with van der Waals surface area (Å²) in [7, 11) is 0. The number of fused-ring (bicyclic) bond motifs is 1. The highest BCUT2D eigenvalue weighted by atomic mass is 32.2. The molecule has 6 nitrogen and oxygen atoms in total. The molecule has 0 aliphatic carbocycles. The first-order chi connectivity index (χ1) is 15.6. The van der Waals surface area contributed by atoms with Crippen LogP contribution >= 0.6 is 11.8 Å². The molecule has 0 fully saturated rings. The molecular formula is C25H27N5OS. The van der Waals surface area contributed by atoms with Crippen LogP contribution in [0.4, 0.5) is 5.69 Å². The van der Waals surface area contributed by atoms with Crippen molar-refractivity contribution >= 4 is 34.1 Å². The molecule has 0 unspecified atom stereocenters. The third kappa shape index (κ3) is 5.29. The van der Waals surface area contributed by atoms with Gasteiger partial charge < -0.3 is 11.2 Å². The number of hydrogen-bond acceptors (Lipinski definition) is 5. The smallest absolute Gasteiger partial charge is 0.234 e. The number of nitrogens with two attached hydrogens (primary N) is 1. The summed E-state index contributed by atoms with van der Waals surface area (Å²) in [6, 6.07) is 22.4. The maximum absolute atomic E-state index is 12.4. The fraction of sp³-hybridized carbons (Fsp3) is 0.240. The molecule has 32 heavy (non-hydrogen) atoms. The molecule has 164 valence electrons. The standard InChI is InChI=1S/C25H27N5OS/c1-2-3-7-18-12-14-21(15-13-18)27-24(31)17-32-25-29-28-23(30(25)26)16-20-10-6-9-19-8-4-5-11-22(19)20/h4-6,8-15H,2-3,7,16-17,26H2,1H3,(H,27,31). The highest BCUT2D eigenvalue weighted by molar-refractivity contribution is 7.99. The van der Waals surface area contributed by atoms with Gasteiger partial charge in [0, 0.05) is 12.1 Å². The second-order valence-corrected chi connectivity index (χ2v) is 8.66. The predicted octanol–water partition coefficient (Wildman–Crippen LogP) is 4.81. The fourth-order valence-corrected chi connectivity index (χ4v) is 4.28. The van der Waals surface area contributed by atoms with Gasteiger partial charge in [-0.05, 0) is 46.9 Å². The van der Waals surface area contributed by atoms with Gasteiger partial charge in [0.05, 0.1) is 5.75 Å². The number of anilines is 1. The monoisotopic (exact) mass is 445 g/mol. The predicted molar refractivity (Wildman–Crippen MR) is 131 cm³/mol. The van der Waals surface area contributed by atoms with Crippen molar-refractivity contribution in [2.45, 2.75) is 37.8 Å². The lowest BCUT2D eigenvalue weighted by Crippen LogP contribution is -2.17. The number of benzene rings is 3. The topological polar surface area (TPSA) is 85.8 Å². The lowest BCUT2D eigenvalue weighted by atomic mass is 10.0. The van der Waals surface area contributed by atoms with Gasteiger partial charge in [-0.1, -0.05) is 79.7 Å². The number of unbranched alkanes of at least 4 members (excludes halogenated alkanes) is 1. The van der Waals surface area contributed by atoms with E-state index in [9.17, 15) is 4.79 Å². The summed E-state index contributed by atoms with van der Waals surface area (Å²) in [6.07, 6.45) is 3.98. The SMILES string of the molecule is CCCCc1ccc(NC(=O)CSc2nnc(Cc3cccc4ccccc34)n2N)cc1. The number of nitrogen functional groups attached to an aromatic ring is 1. The third-order valence-electron chi connectivity index (χ3n) is 5.35. The number of aryl methyl sites for hydroxylation is 1. The molecule has 0 saturated carbocycles. The third-order valence-corrected chi connectivity index (χ3v) is 6.30. The molecule has 4 rings (SSSR count). The fourth-order valence-electron chi connectivity index (χ4n) is 3.61. The van der Waals surface area contributed by atoms with Crippen LogP contribution in [0, 0.1) is 0 Å². The number of thioether (sulfide) groups is 1. The van der Waals surface area contributed by atoms with Crippen LogP contribution in [0.1, 0.15) is 36.7 Å². The van der Waals surface area contributed by atoms with Crippen molar-refractivity contribution < 1.29 is 4.79 Å². The molecular weight excluding hydrogens is 418 g/mol. The summed E-state index contributed by atoms with van der Waals surface area (Å²) in [6.45, 7) is 2.18. The largest absolute Gasteiger partial charge is 0.336 e. The zero-order valence-corrected chi connectivity index (χ0v) is 18.9. The first kappa shape index (κ1) is 21.9. The Morgan fingerprint density at radius 1 is 1.03 bits per heavy atom. The van der Waals surface area contributed by atoms with Crippen molar-refractivity contribution in [3.63, 3.8) is 0 Å². The van der Waals surface area contributed by atoms with Crippen LogP contribution in [0.2, 0.25) is 0 Å². The number of carbonyl (C=O) groups is 1. The first-order valence-electron chi connectivity index (χ1n) is 10.8. The number of rotatable bonds is 9. The van der Waals surface area contributed by atoms with E-state index < -0.39 is 0 Å². The number of aromatic nitrogens is 3. The highest BCUT2D eigenvalue weighted by Gasteiger charge is 2.14. The highest BCUT2D eigenvalue weighted by Crippen LogP contribution is 2.22. The molecule has 0 aliphatic heterocycles. The quantitative estimate of drug-likeness (QED) is 0.285. The Kier molecular flexibility index (Phi) is 7.07. The Labute approximate surface area is 192 Å². The van der Waals surface area contributed by atoms with Crippen LogP contribution < -0.4 is 11.2 Å². The van der Waals surface area contributed by atoms with Crippen LogP contribution in [0.25, 0.3) is 10.8 Å². The van der Waals surface area contributed by atoms with Gasteiger partial charge in [0.15, 0.2) is 5.82 Å². The minimum absolute atomic E-state index is 0.102. The molecule has 1 aromatic heterocycles. The zero-order chi connectivity index (χ0) is 22.3. The van der Waals surface area contributed by atoms with Gasteiger partial charge in [0.1, 0.15) is 0 Å². The molecule has 0 radical (unpaired) electrons. The molecule has 3 aromatic carbocycles. The molecule has 0 atom stereocenters. The Balaban J connectivity index is 1.35. The molecule has 0 saturated heterocycles. The Bertz CT molecular complexity index is 1200. The molecule has 7 heteroatoms. The Morgan fingerprint density at radius 3 is 2.62 bits per heavy atom. The summed E-state index contributed by atoms with van der Waals surface area (Å²) in [5.74, 6) is 7.00. The van der Waals surface area contributed by atoms with Crippen molar-refractivity contribution in [1.82, 2.24) is 14.9 Å². The number of nitrogens with one attached hydrogen (secondary N) is 1. The van der Waals surface area contributed by atoms with E-state index >= 15 is 0 Å². The van der Waals surface area contributed by atoms with Crippen molar-refractivity contribution in [3.05, 3.63) is 83.7 Å². The average Bonchev–Trinajstić information content (AvgIpc) is 3.16. The maximum atomic E-state index is 12.4. The Morgan fingerprint density at radius 2 is 1.81 bits per heavy atom. The minimum atomic E-state index is -0.102. The van der Waals surface area contributed by atoms with E-state index in [1.807, 2.05) is 30.3 Å². The number of amides is 1. The number of hydrogen-bond donors (Lipinski definition) is 2. The summed E-state index contributed by atoms with van der Waals surface area (Å²) < 4.78 is 1.47. The van der Waals surface area contributed by atoms with Crippen LogP contribution in [0.15, 0.2) is 71.9 Å². The average molecular weight is 446 g/mol. The van der Waals surface area contributed by atoms with Gasteiger partial charge in [-0.25, -0.2) is 4.68 Å².